The van der Waals surface area contributed by atoms with Crippen molar-refractivity contribution in [1.82, 2.24) is 9.97 Å². The molecule has 8 heteroatoms. The van der Waals surface area contributed by atoms with Gasteiger partial charge in [-0.05, 0) is 31.0 Å². The summed E-state index contributed by atoms with van der Waals surface area (Å²) in [6, 6.07) is 5.61. The lowest BCUT2D eigenvalue weighted by Gasteiger charge is -2.27. The summed E-state index contributed by atoms with van der Waals surface area (Å²) in [5, 5.41) is 9.46. The number of carboxylic acid groups (broad SMARTS) is 1. The molecule has 0 aliphatic rings. The average molecular weight is 371 g/mol. The molecule has 5 nitrogen and oxygen atoms in total. The summed E-state index contributed by atoms with van der Waals surface area (Å²) in [5.41, 5.74) is -0.954. The number of hydrogen-bond acceptors (Lipinski definition) is 4. The van der Waals surface area contributed by atoms with Gasteiger partial charge in [-0.15, -0.1) is 0 Å². The first-order valence-electron chi connectivity index (χ1n) is 7.30. The van der Waals surface area contributed by atoms with Crippen molar-refractivity contribution in [3.05, 3.63) is 39.7 Å². The topological polar surface area (TPSA) is 75.2 Å². The zero-order valence-electron chi connectivity index (χ0n) is 13.1. The molecule has 0 atom stereocenters. The fourth-order valence-corrected chi connectivity index (χ4v) is 2.54. The van der Waals surface area contributed by atoms with Crippen molar-refractivity contribution < 1.29 is 19.0 Å². The predicted octanol–water partition coefficient (Wildman–Crippen LogP) is 4.62. The van der Waals surface area contributed by atoms with Gasteiger partial charge >= 0.3 is 5.97 Å². The van der Waals surface area contributed by atoms with Gasteiger partial charge in [-0.2, -0.15) is 0 Å². The van der Waals surface area contributed by atoms with Gasteiger partial charge in [0, 0.05) is 11.6 Å². The number of aliphatic carboxylic acids is 1. The third-order valence-electron chi connectivity index (χ3n) is 3.75. The van der Waals surface area contributed by atoms with E-state index in [2.05, 4.69) is 9.97 Å². The number of nitrogens with zero attached hydrogens (tertiary/aromatic N) is 1. The fourth-order valence-electron chi connectivity index (χ4n) is 2.22. The SMILES string of the molecule is CCC(CC)(Oc1cc(=S)nc(-c2ccc(Cl)c(F)c2)[nH]1)C(=O)O. The Morgan fingerprint density at radius 2 is 2.08 bits per heavy atom. The maximum Gasteiger partial charge on any atom is 0.348 e. The first-order valence-corrected chi connectivity index (χ1v) is 8.09. The van der Waals surface area contributed by atoms with Crippen LogP contribution in [-0.4, -0.2) is 26.6 Å². The van der Waals surface area contributed by atoms with Gasteiger partial charge in [-0.1, -0.05) is 37.7 Å². The number of nitrogens with one attached hydrogen (secondary N) is 1. The Labute approximate surface area is 148 Å². The van der Waals surface area contributed by atoms with E-state index in [1.165, 1.54) is 18.2 Å². The largest absolute Gasteiger partial charge is 0.478 e. The van der Waals surface area contributed by atoms with Gasteiger partial charge in [0.1, 0.15) is 16.3 Å². The number of carboxylic acids is 1. The lowest BCUT2D eigenvalue weighted by atomic mass is 9.97. The zero-order chi connectivity index (χ0) is 17.9. The maximum atomic E-state index is 13.6. The van der Waals surface area contributed by atoms with Crippen molar-refractivity contribution in [3.8, 4) is 17.3 Å². The number of benzene rings is 1. The van der Waals surface area contributed by atoms with Crippen LogP contribution in [0.2, 0.25) is 5.02 Å². The van der Waals surface area contributed by atoms with Crippen LogP contribution in [-0.2, 0) is 4.79 Å². The van der Waals surface area contributed by atoms with Gasteiger partial charge in [0.2, 0.25) is 5.60 Å². The van der Waals surface area contributed by atoms with Gasteiger partial charge in [0.25, 0.3) is 0 Å². The molecular weight excluding hydrogens is 355 g/mol. The molecule has 0 saturated carbocycles. The number of aromatic nitrogens is 2. The van der Waals surface area contributed by atoms with E-state index in [9.17, 15) is 14.3 Å². The predicted molar refractivity (Wildman–Crippen MR) is 91.4 cm³/mol. The van der Waals surface area contributed by atoms with Crippen molar-refractivity contribution in [1.29, 1.82) is 0 Å². The van der Waals surface area contributed by atoms with Crippen molar-refractivity contribution in [2.24, 2.45) is 0 Å². The van der Waals surface area contributed by atoms with Crippen LogP contribution in [0.15, 0.2) is 24.3 Å². The van der Waals surface area contributed by atoms with Crippen molar-refractivity contribution >= 4 is 29.8 Å². The van der Waals surface area contributed by atoms with Crippen LogP contribution in [0.5, 0.6) is 5.88 Å². The molecule has 2 aromatic rings. The Balaban J connectivity index is 2.47. The molecule has 0 saturated heterocycles. The standard InChI is InChI=1S/C16H16ClFN2O3S/c1-3-16(4-2,15(21)22)23-12-8-13(24)20-14(19-12)9-5-6-10(17)11(18)7-9/h5-8H,3-4H2,1-2H3,(H,21,22)(H,19,20,24). The number of H-pyrrole nitrogens is 1. The Hall–Kier alpha value is -1.99. The second-order valence-electron chi connectivity index (χ2n) is 5.17. The quantitative estimate of drug-likeness (QED) is 0.725. The van der Waals surface area contributed by atoms with Gasteiger partial charge in [0.15, 0.2) is 5.88 Å². The second kappa shape index (κ2) is 7.27. The van der Waals surface area contributed by atoms with E-state index >= 15 is 0 Å². The van der Waals surface area contributed by atoms with E-state index in [1.807, 2.05) is 0 Å². The van der Waals surface area contributed by atoms with Crippen LogP contribution in [0, 0.1) is 10.5 Å². The first-order chi connectivity index (χ1) is 11.3. The van der Waals surface area contributed by atoms with Crippen LogP contribution < -0.4 is 4.74 Å². The van der Waals surface area contributed by atoms with E-state index in [-0.39, 0.29) is 34.2 Å². The van der Waals surface area contributed by atoms with Crippen LogP contribution >= 0.6 is 23.8 Å². The highest BCUT2D eigenvalue weighted by atomic mass is 35.5. The molecule has 24 heavy (non-hydrogen) atoms. The van der Waals surface area contributed by atoms with Crippen molar-refractivity contribution in [3.63, 3.8) is 0 Å². The Morgan fingerprint density at radius 3 is 2.62 bits per heavy atom. The molecule has 1 heterocycles. The van der Waals surface area contributed by atoms with Crippen molar-refractivity contribution in [2.75, 3.05) is 0 Å². The number of carbonyl (C=O) groups is 1. The van der Waals surface area contributed by atoms with Gasteiger partial charge in [-0.25, -0.2) is 14.2 Å². The van der Waals surface area contributed by atoms with Gasteiger partial charge in [0.05, 0.1) is 5.02 Å². The number of rotatable bonds is 6. The Bertz CT molecular complexity index is 821. The molecule has 2 N–H and O–H groups in total. The molecule has 0 aliphatic heterocycles. The molecule has 0 amide bonds. The molecular formula is C16H16ClFN2O3S. The van der Waals surface area contributed by atoms with Crippen LogP contribution in [0.4, 0.5) is 4.39 Å². The lowest BCUT2D eigenvalue weighted by molar-refractivity contribution is -0.156. The summed E-state index contributed by atoms with van der Waals surface area (Å²) >= 11 is 10.8. The molecule has 0 bridgehead atoms. The van der Waals surface area contributed by atoms with Gasteiger partial charge < -0.3 is 14.8 Å². The number of aromatic amines is 1. The molecule has 0 radical (unpaired) electrons. The van der Waals surface area contributed by atoms with E-state index in [0.717, 1.165) is 0 Å². The molecule has 128 valence electrons. The molecule has 1 aromatic heterocycles. The highest BCUT2D eigenvalue weighted by Crippen LogP contribution is 2.27. The average Bonchev–Trinajstić information content (AvgIpc) is 2.54. The van der Waals surface area contributed by atoms with Crippen LogP contribution in [0.1, 0.15) is 26.7 Å². The monoisotopic (exact) mass is 370 g/mol. The fraction of sp³-hybridized carbons (Fsp3) is 0.312. The molecule has 0 spiro atoms. The number of halogens is 2. The maximum absolute atomic E-state index is 13.6. The highest BCUT2D eigenvalue weighted by Gasteiger charge is 2.37. The molecule has 2 rings (SSSR count). The van der Waals surface area contributed by atoms with E-state index < -0.39 is 17.4 Å². The summed E-state index contributed by atoms with van der Waals surface area (Å²) in [6.07, 6.45) is 0.541. The third kappa shape index (κ3) is 3.73. The number of hydrogen-bond donors (Lipinski definition) is 2. The second-order valence-corrected chi connectivity index (χ2v) is 6.00. The normalized spacial score (nSPS) is 11.3. The third-order valence-corrected chi connectivity index (χ3v) is 4.26. The summed E-state index contributed by atoms with van der Waals surface area (Å²) < 4.78 is 19.5. The van der Waals surface area contributed by atoms with Crippen molar-refractivity contribution in [2.45, 2.75) is 32.3 Å². The van der Waals surface area contributed by atoms with Crippen LogP contribution in [0.25, 0.3) is 11.4 Å². The minimum atomic E-state index is -1.37. The lowest BCUT2D eigenvalue weighted by Crippen LogP contribution is -2.43. The minimum Gasteiger partial charge on any atom is -0.478 e. The molecule has 0 unspecified atom stereocenters. The van der Waals surface area contributed by atoms with Crippen LogP contribution in [0.3, 0.4) is 0 Å². The zero-order valence-corrected chi connectivity index (χ0v) is 14.7. The molecule has 0 aliphatic carbocycles. The minimum absolute atomic E-state index is 0.00777. The van der Waals surface area contributed by atoms with E-state index in [4.69, 9.17) is 28.6 Å². The highest BCUT2D eigenvalue weighted by molar-refractivity contribution is 7.71. The number of ether oxygens (including phenoxy) is 1. The van der Waals surface area contributed by atoms with E-state index in [1.54, 1.807) is 19.9 Å². The Kier molecular flexibility index (Phi) is 5.56. The molecule has 1 aromatic carbocycles. The summed E-state index contributed by atoms with van der Waals surface area (Å²) in [4.78, 5) is 18.5. The first kappa shape index (κ1) is 18.4. The summed E-state index contributed by atoms with van der Waals surface area (Å²) in [5.74, 6) is -1.24. The Morgan fingerprint density at radius 1 is 1.42 bits per heavy atom. The van der Waals surface area contributed by atoms with E-state index in [0.29, 0.717) is 5.56 Å². The smallest absolute Gasteiger partial charge is 0.348 e. The molecule has 0 fully saturated rings. The van der Waals surface area contributed by atoms with Gasteiger partial charge in [-0.3, -0.25) is 0 Å². The summed E-state index contributed by atoms with van der Waals surface area (Å²) in [7, 11) is 0. The summed E-state index contributed by atoms with van der Waals surface area (Å²) in [6.45, 7) is 3.45.